The predicted molar refractivity (Wildman–Crippen MR) is 97.1 cm³/mol. The van der Waals surface area contributed by atoms with Gasteiger partial charge in [0.05, 0.1) is 6.61 Å². The van der Waals surface area contributed by atoms with E-state index in [9.17, 15) is 9.59 Å². The van der Waals surface area contributed by atoms with Crippen molar-refractivity contribution in [1.82, 2.24) is 21.0 Å². The minimum Gasteiger partial charge on any atom is -0.493 e. The number of benzene rings is 1. The van der Waals surface area contributed by atoms with Crippen LogP contribution in [-0.4, -0.2) is 28.6 Å². The molecule has 1 aliphatic carbocycles. The van der Waals surface area contributed by atoms with Crippen molar-refractivity contribution >= 4 is 23.4 Å². The van der Waals surface area contributed by atoms with E-state index in [0.717, 1.165) is 29.8 Å². The van der Waals surface area contributed by atoms with Gasteiger partial charge >= 0.3 is 0 Å². The van der Waals surface area contributed by atoms with Gasteiger partial charge in [0.15, 0.2) is 5.69 Å². The summed E-state index contributed by atoms with van der Waals surface area (Å²) >= 11 is 5.89. The lowest BCUT2D eigenvalue weighted by molar-refractivity contribution is -0.122. The van der Waals surface area contributed by atoms with E-state index < -0.39 is 5.91 Å². The zero-order chi connectivity index (χ0) is 18.5. The molecule has 1 heterocycles. The second kappa shape index (κ2) is 8.23. The molecule has 26 heavy (non-hydrogen) atoms. The molecule has 1 fully saturated rings. The first-order valence-corrected chi connectivity index (χ1v) is 8.94. The molecule has 2 amide bonds. The van der Waals surface area contributed by atoms with E-state index >= 15 is 0 Å². The summed E-state index contributed by atoms with van der Waals surface area (Å²) in [5.74, 6) is 0.512. The number of rotatable bonds is 7. The number of carbonyl (C=O) groups excluding carboxylic acids is 2. The van der Waals surface area contributed by atoms with Gasteiger partial charge in [-0.3, -0.25) is 25.5 Å². The number of hydrogen-bond acceptors (Lipinski definition) is 4. The Morgan fingerprint density at radius 1 is 1.31 bits per heavy atom. The number of carbonyl (C=O) groups is 2. The van der Waals surface area contributed by atoms with Crippen molar-refractivity contribution in [2.45, 2.75) is 38.5 Å². The summed E-state index contributed by atoms with van der Waals surface area (Å²) in [5, 5.41) is 7.47. The molecule has 138 valence electrons. The van der Waals surface area contributed by atoms with Crippen LogP contribution in [0.15, 0.2) is 24.3 Å². The smallest absolute Gasteiger partial charge is 0.290 e. The third-order valence-corrected chi connectivity index (χ3v) is 4.34. The molecule has 7 nitrogen and oxygen atoms in total. The quantitative estimate of drug-likeness (QED) is 0.511. The number of aromatic nitrogens is 2. The van der Waals surface area contributed by atoms with Crippen LogP contribution in [0.25, 0.3) is 0 Å². The summed E-state index contributed by atoms with van der Waals surface area (Å²) in [6.45, 7) is 2.31. The van der Waals surface area contributed by atoms with Crippen molar-refractivity contribution in [2.24, 2.45) is 0 Å². The number of ether oxygens (including phenoxy) is 1. The van der Waals surface area contributed by atoms with Crippen molar-refractivity contribution < 1.29 is 14.3 Å². The van der Waals surface area contributed by atoms with Gasteiger partial charge in [-0.15, -0.1) is 0 Å². The summed E-state index contributed by atoms with van der Waals surface area (Å²) in [6, 6.07) is 7.11. The first-order chi connectivity index (χ1) is 12.5. The fourth-order valence-corrected chi connectivity index (χ4v) is 2.73. The first kappa shape index (κ1) is 18.3. The molecule has 0 atom stereocenters. The van der Waals surface area contributed by atoms with E-state index in [2.05, 4.69) is 21.0 Å². The zero-order valence-corrected chi connectivity index (χ0v) is 15.2. The summed E-state index contributed by atoms with van der Waals surface area (Å²) in [6.07, 6.45) is 3.01. The molecule has 8 heteroatoms. The Hall–Kier alpha value is -2.54. The van der Waals surface area contributed by atoms with Crippen LogP contribution in [0.1, 0.15) is 53.3 Å². The lowest BCUT2D eigenvalue weighted by Crippen LogP contribution is -2.41. The normalized spacial score (nSPS) is 13.3. The van der Waals surface area contributed by atoms with Crippen molar-refractivity contribution in [1.29, 1.82) is 0 Å². The number of aromatic amines is 1. The highest BCUT2D eigenvalue weighted by Crippen LogP contribution is 2.38. The molecule has 2 aromatic rings. The largest absolute Gasteiger partial charge is 0.493 e. The van der Waals surface area contributed by atoms with Gasteiger partial charge in [0.25, 0.3) is 5.91 Å². The third-order valence-electron chi connectivity index (χ3n) is 4.11. The minimum absolute atomic E-state index is 0.237. The van der Waals surface area contributed by atoms with Gasteiger partial charge in [0.2, 0.25) is 5.91 Å². The Labute approximate surface area is 156 Å². The number of nitrogens with one attached hydrogen (secondary N) is 3. The maximum Gasteiger partial charge on any atom is 0.290 e. The average Bonchev–Trinajstić information content (AvgIpc) is 3.35. The molecule has 0 radical (unpaired) electrons. The number of hydrazine groups is 1. The number of H-pyrrole nitrogens is 1. The van der Waals surface area contributed by atoms with E-state index in [0.29, 0.717) is 24.0 Å². The highest BCUT2D eigenvalue weighted by atomic mass is 35.5. The molecular weight excluding hydrogens is 356 g/mol. The molecule has 1 aromatic carbocycles. The van der Waals surface area contributed by atoms with Crippen LogP contribution in [0.4, 0.5) is 0 Å². The predicted octanol–water partition coefficient (Wildman–Crippen LogP) is 2.87. The van der Waals surface area contributed by atoms with Gasteiger partial charge in [-0.1, -0.05) is 11.6 Å². The van der Waals surface area contributed by atoms with Crippen LogP contribution in [0.3, 0.4) is 0 Å². The van der Waals surface area contributed by atoms with E-state index in [4.69, 9.17) is 16.3 Å². The van der Waals surface area contributed by atoms with Gasteiger partial charge in [-0.05, 0) is 56.0 Å². The Balaban J connectivity index is 1.34. The molecule has 0 unspecified atom stereocenters. The highest BCUT2D eigenvalue weighted by Gasteiger charge is 2.26. The highest BCUT2D eigenvalue weighted by molar-refractivity contribution is 6.30. The number of hydrogen-bond donors (Lipinski definition) is 3. The van der Waals surface area contributed by atoms with Gasteiger partial charge in [0, 0.05) is 23.1 Å². The fourth-order valence-electron chi connectivity index (χ4n) is 2.50. The molecule has 0 bridgehead atoms. The molecule has 0 spiro atoms. The van der Waals surface area contributed by atoms with Gasteiger partial charge in [-0.25, -0.2) is 0 Å². The number of halogens is 1. The molecule has 1 aromatic heterocycles. The molecule has 3 N–H and O–H groups in total. The Bertz CT molecular complexity index is 801. The summed E-state index contributed by atoms with van der Waals surface area (Å²) < 4.78 is 5.63. The first-order valence-electron chi connectivity index (χ1n) is 8.56. The summed E-state index contributed by atoms with van der Waals surface area (Å²) in [7, 11) is 0. The van der Waals surface area contributed by atoms with Crippen LogP contribution in [0, 0.1) is 6.92 Å². The number of aryl methyl sites for hydroxylation is 1. The van der Waals surface area contributed by atoms with Crippen LogP contribution in [0.2, 0.25) is 5.02 Å². The Morgan fingerprint density at radius 3 is 2.85 bits per heavy atom. The van der Waals surface area contributed by atoms with Crippen molar-refractivity contribution in [3.05, 3.63) is 46.2 Å². The second-order valence-corrected chi connectivity index (χ2v) is 6.78. The van der Waals surface area contributed by atoms with Gasteiger partial charge < -0.3 is 4.74 Å². The molecule has 1 saturated carbocycles. The van der Waals surface area contributed by atoms with Gasteiger partial charge in [-0.2, -0.15) is 5.10 Å². The zero-order valence-electron chi connectivity index (χ0n) is 14.5. The van der Waals surface area contributed by atoms with Crippen molar-refractivity contribution in [3.8, 4) is 5.75 Å². The molecule has 1 aliphatic rings. The monoisotopic (exact) mass is 376 g/mol. The topological polar surface area (TPSA) is 96.1 Å². The Kier molecular flexibility index (Phi) is 5.78. The number of nitrogens with zero attached hydrogens (tertiary/aromatic N) is 1. The van der Waals surface area contributed by atoms with E-state index in [1.807, 2.05) is 13.0 Å². The van der Waals surface area contributed by atoms with Crippen molar-refractivity contribution in [2.75, 3.05) is 6.61 Å². The van der Waals surface area contributed by atoms with Gasteiger partial charge in [0.1, 0.15) is 5.75 Å². The molecule has 3 rings (SSSR count). The van der Waals surface area contributed by atoms with E-state index in [1.165, 1.54) is 0 Å². The fraction of sp³-hybridized carbons (Fsp3) is 0.389. The molecule has 0 saturated heterocycles. The maximum atomic E-state index is 11.9. The van der Waals surface area contributed by atoms with Crippen LogP contribution < -0.4 is 15.6 Å². The number of amides is 2. The summed E-state index contributed by atoms with van der Waals surface area (Å²) in [5.41, 5.74) is 6.94. The molecule has 0 aliphatic heterocycles. The third kappa shape index (κ3) is 4.98. The van der Waals surface area contributed by atoms with Crippen LogP contribution in [-0.2, 0) is 4.79 Å². The van der Waals surface area contributed by atoms with Crippen molar-refractivity contribution in [3.63, 3.8) is 0 Å². The maximum absolute atomic E-state index is 11.9. The van der Waals surface area contributed by atoms with Crippen LogP contribution in [0.5, 0.6) is 5.75 Å². The molecular formula is C18H21ClN4O3. The summed E-state index contributed by atoms with van der Waals surface area (Å²) in [4.78, 5) is 23.7. The second-order valence-electron chi connectivity index (χ2n) is 6.35. The lowest BCUT2D eigenvalue weighted by Gasteiger charge is -2.09. The minimum atomic E-state index is -0.436. The average molecular weight is 377 g/mol. The standard InChI is InChI=1S/C18H21ClN4O3/c1-11-9-13(19)6-7-16(11)26-8-2-3-17(24)22-23-18(25)15-10-14(20-21-15)12-4-5-12/h6-7,9-10,12H,2-5,8H2,1H3,(H,20,21)(H,22,24)(H,23,25). The Morgan fingerprint density at radius 2 is 2.12 bits per heavy atom. The SMILES string of the molecule is Cc1cc(Cl)ccc1OCCCC(=O)NNC(=O)c1cc(C2CC2)[nH]n1. The lowest BCUT2D eigenvalue weighted by atomic mass is 10.2. The van der Waals surface area contributed by atoms with Crippen LogP contribution >= 0.6 is 11.6 Å². The van der Waals surface area contributed by atoms with E-state index in [1.54, 1.807) is 18.2 Å². The van der Waals surface area contributed by atoms with E-state index in [-0.39, 0.29) is 18.0 Å².